The Bertz CT molecular complexity index is 575. The number of ether oxygens (including phenoxy) is 1. The number of aromatic nitrogens is 2. The van der Waals surface area contributed by atoms with Crippen molar-refractivity contribution < 1.29 is 14.3 Å². The van der Waals surface area contributed by atoms with Crippen molar-refractivity contribution in [2.75, 3.05) is 13.1 Å². The highest BCUT2D eigenvalue weighted by Gasteiger charge is 2.29. The van der Waals surface area contributed by atoms with Gasteiger partial charge >= 0.3 is 6.09 Å². The molecule has 8 heteroatoms. The number of piperidine rings is 1. The van der Waals surface area contributed by atoms with Gasteiger partial charge < -0.3 is 15.0 Å². The van der Waals surface area contributed by atoms with Gasteiger partial charge in [0.2, 0.25) is 0 Å². The number of nitrogens with zero attached hydrogens (tertiary/aromatic N) is 3. The van der Waals surface area contributed by atoms with Gasteiger partial charge in [0.15, 0.2) is 0 Å². The first-order chi connectivity index (χ1) is 10.7. The third-order valence-electron chi connectivity index (χ3n) is 3.52. The van der Waals surface area contributed by atoms with Gasteiger partial charge in [-0.2, -0.15) is 5.10 Å². The Balaban J connectivity index is 1.96. The summed E-state index contributed by atoms with van der Waals surface area (Å²) in [5.74, 6) is -0.201. The zero-order valence-corrected chi connectivity index (χ0v) is 15.5. The molecule has 1 aliphatic heterocycles. The molecule has 2 amide bonds. The van der Waals surface area contributed by atoms with E-state index in [9.17, 15) is 9.59 Å². The van der Waals surface area contributed by atoms with Crippen LogP contribution < -0.4 is 5.32 Å². The maximum absolute atomic E-state index is 12.4. The summed E-state index contributed by atoms with van der Waals surface area (Å²) >= 11 is 3.32. The third-order valence-corrected chi connectivity index (χ3v) is 4.10. The number of carbonyl (C=O) groups excluding carboxylic acids is 2. The summed E-state index contributed by atoms with van der Waals surface area (Å²) < 4.78 is 7.57. The van der Waals surface area contributed by atoms with E-state index in [1.807, 2.05) is 20.8 Å². The maximum Gasteiger partial charge on any atom is 0.410 e. The Labute approximate surface area is 144 Å². The molecule has 0 unspecified atom stereocenters. The predicted molar refractivity (Wildman–Crippen MR) is 89.2 cm³/mol. The van der Waals surface area contributed by atoms with Crippen LogP contribution >= 0.6 is 15.9 Å². The van der Waals surface area contributed by atoms with Crippen LogP contribution in [-0.4, -0.2) is 51.4 Å². The molecular weight excluding hydrogens is 364 g/mol. The second-order valence-corrected chi connectivity index (χ2v) is 7.56. The van der Waals surface area contributed by atoms with Gasteiger partial charge in [0.1, 0.15) is 11.3 Å². The molecular formula is C15H23BrN4O3. The minimum Gasteiger partial charge on any atom is -0.444 e. The van der Waals surface area contributed by atoms with Gasteiger partial charge in [-0.05, 0) is 49.5 Å². The lowest BCUT2D eigenvalue weighted by Crippen LogP contribution is -2.50. The Morgan fingerprint density at radius 2 is 2.13 bits per heavy atom. The molecule has 1 saturated heterocycles. The van der Waals surface area contributed by atoms with Crippen LogP contribution in [0.5, 0.6) is 0 Å². The molecule has 1 aromatic heterocycles. The summed E-state index contributed by atoms with van der Waals surface area (Å²) in [6.07, 6.45) is 2.92. The lowest BCUT2D eigenvalue weighted by Gasteiger charge is -2.34. The van der Waals surface area contributed by atoms with Crippen LogP contribution in [0.4, 0.5) is 4.79 Å². The van der Waals surface area contributed by atoms with Crippen LogP contribution in [0.15, 0.2) is 10.7 Å². The van der Waals surface area contributed by atoms with E-state index in [1.165, 1.54) is 4.68 Å². The zero-order chi connectivity index (χ0) is 17.2. The van der Waals surface area contributed by atoms with E-state index in [0.717, 1.165) is 12.8 Å². The Morgan fingerprint density at radius 3 is 2.70 bits per heavy atom. The number of amides is 2. The number of nitrogens with one attached hydrogen (secondary N) is 1. The Hall–Kier alpha value is -1.57. The average Bonchev–Trinajstić information content (AvgIpc) is 2.76. The molecule has 0 spiro atoms. The van der Waals surface area contributed by atoms with E-state index in [2.05, 4.69) is 26.3 Å². The standard InChI is InChI=1S/C15H23BrN4O3/c1-15(2,3)23-14(22)20-7-5-6-10(9-20)18-13(21)12-11(16)8-17-19(12)4/h8,10H,5-7,9H2,1-4H3,(H,18,21)/t10-/m1/s1. The van der Waals surface area contributed by atoms with Crippen molar-refractivity contribution in [2.24, 2.45) is 7.05 Å². The lowest BCUT2D eigenvalue weighted by atomic mass is 10.1. The highest BCUT2D eigenvalue weighted by Crippen LogP contribution is 2.18. The summed E-state index contributed by atoms with van der Waals surface area (Å²) in [6.45, 7) is 6.63. The molecule has 1 aromatic rings. The molecule has 0 bridgehead atoms. The van der Waals surface area contributed by atoms with E-state index in [-0.39, 0.29) is 18.0 Å². The fourth-order valence-electron chi connectivity index (χ4n) is 2.51. The molecule has 1 atom stereocenters. The number of rotatable bonds is 2. The number of hydrogen-bond donors (Lipinski definition) is 1. The zero-order valence-electron chi connectivity index (χ0n) is 13.9. The van der Waals surface area contributed by atoms with Gasteiger partial charge in [-0.15, -0.1) is 0 Å². The van der Waals surface area contributed by atoms with Crippen molar-refractivity contribution in [2.45, 2.75) is 45.3 Å². The number of likely N-dealkylation sites (tertiary alicyclic amines) is 1. The fourth-order valence-corrected chi connectivity index (χ4v) is 3.04. The highest BCUT2D eigenvalue weighted by molar-refractivity contribution is 9.10. The van der Waals surface area contributed by atoms with Gasteiger partial charge in [0.25, 0.3) is 5.91 Å². The van der Waals surface area contributed by atoms with Gasteiger partial charge in [0, 0.05) is 26.2 Å². The quantitative estimate of drug-likeness (QED) is 0.845. The fraction of sp³-hybridized carbons (Fsp3) is 0.667. The molecule has 1 fully saturated rings. The van der Waals surface area contributed by atoms with Crippen LogP contribution in [-0.2, 0) is 11.8 Å². The second kappa shape index (κ2) is 6.90. The molecule has 0 aromatic carbocycles. The van der Waals surface area contributed by atoms with Gasteiger partial charge in [-0.25, -0.2) is 4.79 Å². The van der Waals surface area contributed by atoms with E-state index in [4.69, 9.17) is 4.74 Å². The molecule has 7 nitrogen and oxygen atoms in total. The first kappa shape index (κ1) is 17.8. The Kier molecular flexibility index (Phi) is 5.33. The van der Waals surface area contributed by atoms with E-state index in [0.29, 0.717) is 23.3 Å². The van der Waals surface area contributed by atoms with Crippen molar-refractivity contribution >= 4 is 27.9 Å². The van der Waals surface area contributed by atoms with Gasteiger partial charge in [-0.3, -0.25) is 9.48 Å². The molecule has 0 radical (unpaired) electrons. The molecule has 2 heterocycles. The third kappa shape index (κ3) is 4.70. The first-order valence-electron chi connectivity index (χ1n) is 7.63. The SMILES string of the molecule is Cn1ncc(Br)c1C(=O)N[C@@H]1CCCN(C(=O)OC(C)(C)C)C1. The summed E-state index contributed by atoms with van der Waals surface area (Å²) in [5.41, 5.74) is -0.0493. The second-order valence-electron chi connectivity index (χ2n) is 6.70. The van der Waals surface area contributed by atoms with Gasteiger partial charge in [-0.1, -0.05) is 0 Å². The minimum absolute atomic E-state index is 0.0921. The van der Waals surface area contributed by atoms with Gasteiger partial charge in [0.05, 0.1) is 10.7 Å². The number of hydrogen-bond acceptors (Lipinski definition) is 4. The van der Waals surface area contributed by atoms with Crippen molar-refractivity contribution in [3.05, 3.63) is 16.4 Å². The summed E-state index contributed by atoms with van der Waals surface area (Å²) in [4.78, 5) is 26.2. The summed E-state index contributed by atoms with van der Waals surface area (Å²) in [5, 5.41) is 7.01. The molecule has 23 heavy (non-hydrogen) atoms. The van der Waals surface area contributed by atoms with Crippen molar-refractivity contribution in [3.63, 3.8) is 0 Å². The van der Waals surface area contributed by atoms with E-state index < -0.39 is 5.60 Å². The van der Waals surface area contributed by atoms with Crippen LogP contribution in [0.1, 0.15) is 44.1 Å². The number of carbonyl (C=O) groups is 2. The molecule has 0 saturated carbocycles. The molecule has 1 aliphatic rings. The van der Waals surface area contributed by atoms with Crippen LogP contribution in [0, 0.1) is 0 Å². The monoisotopic (exact) mass is 386 g/mol. The van der Waals surface area contributed by atoms with Crippen molar-refractivity contribution in [3.8, 4) is 0 Å². The largest absolute Gasteiger partial charge is 0.444 e. The average molecular weight is 387 g/mol. The Morgan fingerprint density at radius 1 is 1.43 bits per heavy atom. The first-order valence-corrected chi connectivity index (χ1v) is 8.43. The van der Waals surface area contributed by atoms with Crippen molar-refractivity contribution in [1.29, 1.82) is 0 Å². The van der Waals surface area contributed by atoms with Crippen LogP contribution in [0.25, 0.3) is 0 Å². The van der Waals surface area contributed by atoms with Crippen LogP contribution in [0.3, 0.4) is 0 Å². The normalized spacial score (nSPS) is 18.7. The summed E-state index contributed by atoms with van der Waals surface area (Å²) in [6, 6.07) is -0.0921. The summed E-state index contributed by atoms with van der Waals surface area (Å²) in [7, 11) is 1.72. The maximum atomic E-state index is 12.4. The molecule has 1 N–H and O–H groups in total. The molecule has 128 valence electrons. The van der Waals surface area contributed by atoms with E-state index >= 15 is 0 Å². The topological polar surface area (TPSA) is 76.5 Å². The van der Waals surface area contributed by atoms with E-state index in [1.54, 1.807) is 18.1 Å². The predicted octanol–water partition coefficient (Wildman–Crippen LogP) is 2.31. The lowest BCUT2D eigenvalue weighted by molar-refractivity contribution is 0.0185. The molecule has 0 aliphatic carbocycles. The smallest absolute Gasteiger partial charge is 0.410 e. The number of aryl methyl sites for hydroxylation is 1. The minimum atomic E-state index is -0.521. The molecule has 2 rings (SSSR count). The number of halogens is 1. The highest BCUT2D eigenvalue weighted by atomic mass is 79.9. The van der Waals surface area contributed by atoms with Crippen molar-refractivity contribution in [1.82, 2.24) is 20.0 Å². The van der Waals surface area contributed by atoms with Crippen LogP contribution in [0.2, 0.25) is 0 Å².